The third-order valence-corrected chi connectivity index (χ3v) is 6.15. The SMILES string of the molecule is O=C(O)N1CC2CC1CN2c1cc(-n2nc(Nc3cnccn3)c3ccccc32)ccn1. The number of hydrogen-bond donors (Lipinski definition) is 2. The maximum atomic E-state index is 11.4. The summed E-state index contributed by atoms with van der Waals surface area (Å²) in [7, 11) is 0. The number of carboxylic acid groups (broad SMARTS) is 1. The molecular weight excluding hydrogens is 408 g/mol. The summed E-state index contributed by atoms with van der Waals surface area (Å²) in [5.74, 6) is 2.15. The number of amides is 1. The molecule has 2 aliphatic rings. The van der Waals surface area contributed by atoms with E-state index >= 15 is 0 Å². The first kappa shape index (κ1) is 18.6. The van der Waals surface area contributed by atoms with E-state index in [-0.39, 0.29) is 12.1 Å². The topological polar surface area (TPSA) is 112 Å². The Morgan fingerprint density at radius 2 is 1.97 bits per heavy atom. The highest BCUT2D eigenvalue weighted by Gasteiger charge is 2.45. The van der Waals surface area contributed by atoms with E-state index in [1.165, 1.54) is 4.90 Å². The van der Waals surface area contributed by atoms with Gasteiger partial charge in [0.25, 0.3) is 0 Å². The summed E-state index contributed by atoms with van der Waals surface area (Å²) < 4.78 is 1.89. The van der Waals surface area contributed by atoms with E-state index in [2.05, 4.69) is 25.2 Å². The van der Waals surface area contributed by atoms with Crippen LogP contribution in [0.5, 0.6) is 0 Å². The van der Waals surface area contributed by atoms with Gasteiger partial charge in [-0.1, -0.05) is 12.1 Å². The van der Waals surface area contributed by atoms with Crippen molar-refractivity contribution in [3.63, 3.8) is 0 Å². The van der Waals surface area contributed by atoms with E-state index < -0.39 is 6.09 Å². The van der Waals surface area contributed by atoms with Crippen molar-refractivity contribution in [1.82, 2.24) is 29.6 Å². The van der Waals surface area contributed by atoms with Crippen molar-refractivity contribution in [3.8, 4) is 5.69 Å². The fourth-order valence-corrected chi connectivity index (χ4v) is 4.72. The second kappa shape index (κ2) is 7.19. The van der Waals surface area contributed by atoms with Crippen LogP contribution in [0, 0.1) is 0 Å². The van der Waals surface area contributed by atoms with Crippen LogP contribution in [-0.2, 0) is 0 Å². The first-order valence-electron chi connectivity index (χ1n) is 10.4. The van der Waals surface area contributed by atoms with Gasteiger partial charge in [-0.05, 0) is 24.6 Å². The molecule has 2 aliphatic heterocycles. The van der Waals surface area contributed by atoms with Crippen LogP contribution in [0.2, 0.25) is 0 Å². The molecule has 5 heterocycles. The zero-order valence-electron chi connectivity index (χ0n) is 17.0. The maximum absolute atomic E-state index is 11.4. The van der Waals surface area contributed by atoms with Gasteiger partial charge in [0, 0.05) is 43.1 Å². The van der Waals surface area contributed by atoms with Gasteiger partial charge in [-0.3, -0.25) is 4.98 Å². The van der Waals surface area contributed by atoms with Crippen LogP contribution in [0.15, 0.2) is 61.2 Å². The van der Waals surface area contributed by atoms with Crippen LogP contribution in [0.4, 0.5) is 22.2 Å². The molecule has 10 nitrogen and oxygen atoms in total. The van der Waals surface area contributed by atoms with Crippen molar-refractivity contribution in [2.45, 2.75) is 18.5 Å². The number of carbonyl (C=O) groups is 1. The number of benzene rings is 1. The maximum Gasteiger partial charge on any atom is 0.407 e. The molecule has 2 unspecified atom stereocenters. The van der Waals surface area contributed by atoms with E-state index in [1.54, 1.807) is 24.8 Å². The lowest BCUT2D eigenvalue weighted by Gasteiger charge is -2.33. The Labute approximate surface area is 183 Å². The third kappa shape index (κ3) is 2.99. The summed E-state index contributed by atoms with van der Waals surface area (Å²) in [5, 5.41) is 18.4. The number of anilines is 3. The zero-order chi connectivity index (χ0) is 21.7. The standard InChI is InChI=1S/C22H20N8O2/c31-22(32)29-13-15-9-16(29)12-28(15)20-10-14(5-6-25-20)30-18-4-2-1-3-17(18)21(27-30)26-19-11-23-7-8-24-19/h1-8,10-11,15-16H,9,12-13H2,(H,31,32)(H,24,26,27). The van der Waals surface area contributed by atoms with Crippen LogP contribution < -0.4 is 10.2 Å². The van der Waals surface area contributed by atoms with E-state index in [1.807, 2.05) is 41.1 Å². The molecule has 0 aliphatic carbocycles. The number of nitrogens with one attached hydrogen (secondary N) is 1. The lowest BCUT2D eigenvalue weighted by atomic mass is 10.2. The first-order valence-corrected chi connectivity index (χ1v) is 10.4. The second-order valence-corrected chi connectivity index (χ2v) is 8.00. The minimum absolute atomic E-state index is 0.0243. The largest absolute Gasteiger partial charge is 0.465 e. The molecule has 32 heavy (non-hydrogen) atoms. The molecule has 2 fully saturated rings. The van der Waals surface area contributed by atoms with E-state index in [4.69, 9.17) is 5.10 Å². The summed E-state index contributed by atoms with van der Waals surface area (Å²) in [5.41, 5.74) is 1.84. The van der Waals surface area contributed by atoms with Crippen LogP contribution in [0.3, 0.4) is 0 Å². The monoisotopic (exact) mass is 428 g/mol. The van der Waals surface area contributed by atoms with Crippen molar-refractivity contribution in [2.75, 3.05) is 23.3 Å². The molecule has 4 aromatic rings. The van der Waals surface area contributed by atoms with Crippen LogP contribution >= 0.6 is 0 Å². The lowest BCUT2D eigenvalue weighted by molar-refractivity contribution is 0.137. The summed E-state index contributed by atoms with van der Waals surface area (Å²) in [6.07, 6.45) is 6.69. The Balaban J connectivity index is 1.35. The molecule has 2 atom stereocenters. The fraction of sp³-hybridized carbons (Fsp3) is 0.227. The van der Waals surface area contributed by atoms with Crippen LogP contribution in [0.1, 0.15) is 6.42 Å². The Kier molecular flexibility index (Phi) is 4.17. The number of piperazine rings is 1. The number of fused-ring (bicyclic) bond motifs is 3. The minimum atomic E-state index is -0.843. The summed E-state index contributed by atoms with van der Waals surface area (Å²) in [4.78, 5) is 28.1. The Morgan fingerprint density at radius 1 is 1.06 bits per heavy atom. The van der Waals surface area contributed by atoms with Gasteiger partial charge in [-0.15, -0.1) is 5.10 Å². The highest BCUT2D eigenvalue weighted by molar-refractivity contribution is 5.92. The highest BCUT2D eigenvalue weighted by atomic mass is 16.4. The predicted octanol–water partition coefficient (Wildman–Crippen LogP) is 2.90. The normalized spacial score (nSPS) is 19.6. The molecule has 1 amide bonds. The number of hydrogen-bond acceptors (Lipinski definition) is 7. The number of pyridine rings is 1. The molecule has 0 radical (unpaired) electrons. The third-order valence-electron chi connectivity index (χ3n) is 6.15. The summed E-state index contributed by atoms with van der Waals surface area (Å²) in [6.45, 7) is 1.18. The Morgan fingerprint density at radius 3 is 2.75 bits per heavy atom. The van der Waals surface area contributed by atoms with Crippen molar-refractivity contribution in [1.29, 1.82) is 0 Å². The molecule has 3 aromatic heterocycles. The predicted molar refractivity (Wildman–Crippen MR) is 118 cm³/mol. The minimum Gasteiger partial charge on any atom is -0.465 e. The molecule has 160 valence electrons. The number of rotatable bonds is 4. The number of nitrogens with zero attached hydrogens (tertiary/aromatic N) is 7. The molecule has 10 heteroatoms. The Hall–Kier alpha value is -4.21. The molecular formula is C22H20N8O2. The molecule has 6 rings (SSSR count). The smallest absolute Gasteiger partial charge is 0.407 e. The van der Waals surface area contributed by atoms with Gasteiger partial charge in [0.2, 0.25) is 0 Å². The quantitative estimate of drug-likeness (QED) is 0.510. The molecule has 0 spiro atoms. The van der Waals surface area contributed by atoms with Crippen molar-refractivity contribution in [3.05, 3.63) is 61.2 Å². The molecule has 2 N–H and O–H groups in total. The van der Waals surface area contributed by atoms with E-state index in [9.17, 15) is 9.90 Å². The zero-order valence-corrected chi connectivity index (χ0v) is 17.0. The second-order valence-electron chi connectivity index (χ2n) is 8.00. The van der Waals surface area contributed by atoms with Crippen molar-refractivity contribution < 1.29 is 9.90 Å². The highest BCUT2D eigenvalue weighted by Crippen LogP contribution is 2.35. The van der Waals surface area contributed by atoms with Gasteiger partial charge in [-0.25, -0.2) is 19.4 Å². The number of aromatic nitrogens is 5. The molecule has 0 saturated carbocycles. The van der Waals surface area contributed by atoms with Gasteiger partial charge in [0.15, 0.2) is 5.82 Å². The van der Waals surface area contributed by atoms with Crippen molar-refractivity contribution in [2.24, 2.45) is 0 Å². The first-order chi connectivity index (χ1) is 15.7. The summed E-state index contributed by atoms with van der Waals surface area (Å²) >= 11 is 0. The van der Waals surface area contributed by atoms with Gasteiger partial charge in [0.1, 0.15) is 11.6 Å². The average Bonchev–Trinajstić information content (AvgIpc) is 3.53. The van der Waals surface area contributed by atoms with Crippen LogP contribution in [0.25, 0.3) is 16.6 Å². The molecule has 1 aromatic carbocycles. The average molecular weight is 428 g/mol. The lowest BCUT2D eigenvalue weighted by Crippen LogP contribution is -2.48. The molecule has 2 saturated heterocycles. The number of para-hydroxylation sites is 1. The number of likely N-dealkylation sites (tertiary alicyclic amines) is 1. The summed E-state index contributed by atoms with van der Waals surface area (Å²) in [6, 6.07) is 12.1. The Bertz CT molecular complexity index is 1310. The van der Waals surface area contributed by atoms with E-state index in [0.717, 1.165) is 28.8 Å². The fourth-order valence-electron chi connectivity index (χ4n) is 4.72. The van der Waals surface area contributed by atoms with Gasteiger partial charge in [-0.2, -0.15) is 0 Å². The van der Waals surface area contributed by atoms with Crippen molar-refractivity contribution >= 4 is 34.4 Å². The van der Waals surface area contributed by atoms with Crippen LogP contribution in [-0.4, -0.2) is 66.0 Å². The van der Waals surface area contributed by atoms with E-state index in [0.29, 0.717) is 24.7 Å². The van der Waals surface area contributed by atoms with Gasteiger partial charge in [0.05, 0.1) is 29.5 Å². The van der Waals surface area contributed by atoms with Gasteiger partial charge < -0.3 is 20.2 Å². The molecule has 2 bridgehead atoms. The van der Waals surface area contributed by atoms with Gasteiger partial charge >= 0.3 is 6.09 Å².